The van der Waals surface area contributed by atoms with Crippen LogP contribution in [-0.4, -0.2) is 96.7 Å². The fourth-order valence-electron chi connectivity index (χ4n) is 11.5. The van der Waals surface area contributed by atoms with Gasteiger partial charge in [0.2, 0.25) is 0 Å². The summed E-state index contributed by atoms with van der Waals surface area (Å²) in [5.41, 5.74) is 0. The Hall–Kier alpha value is -2.98. The number of carbonyl (C=O) groups excluding carboxylic acids is 4. The van der Waals surface area contributed by atoms with Crippen LogP contribution in [0.15, 0.2) is 48.6 Å². The summed E-state index contributed by atoms with van der Waals surface area (Å²) in [6, 6.07) is 0. The molecule has 0 rings (SSSR count). The second-order valence-electron chi connectivity index (χ2n) is 27.7. The molecule has 0 saturated heterocycles. The van der Waals surface area contributed by atoms with Gasteiger partial charge in [0.05, 0.1) is 26.4 Å². The molecule has 100 heavy (non-hydrogen) atoms. The quantitative estimate of drug-likeness (QED) is 0.0169. The number of allylic oxidation sites excluding steroid dienone is 8. The van der Waals surface area contributed by atoms with Gasteiger partial charge in [0.25, 0.3) is 0 Å². The van der Waals surface area contributed by atoms with Crippen LogP contribution in [0.5, 0.6) is 0 Å². The van der Waals surface area contributed by atoms with E-state index in [0.717, 1.165) is 154 Å². The first-order valence-corrected chi connectivity index (χ1v) is 43.9. The van der Waals surface area contributed by atoms with Gasteiger partial charge in [-0.15, -0.1) is 0 Å². The minimum Gasteiger partial charge on any atom is -0.462 e. The van der Waals surface area contributed by atoms with Crippen molar-refractivity contribution in [1.82, 2.24) is 0 Å². The van der Waals surface area contributed by atoms with Crippen molar-refractivity contribution in [2.24, 2.45) is 0 Å². The van der Waals surface area contributed by atoms with Gasteiger partial charge in [0.15, 0.2) is 12.2 Å². The first kappa shape index (κ1) is 97.0. The normalized spacial score (nSPS) is 14.1. The highest BCUT2D eigenvalue weighted by Gasteiger charge is 2.30. The highest BCUT2D eigenvalue weighted by molar-refractivity contribution is 7.47. The Morgan fingerprint density at radius 1 is 0.280 bits per heavy atom. The predicted molar refractivity (Wildman–Crippen MR) is 409 cm³/mol. The summed E-state index contributed by atoms with van der Waals surface area (Å²) in [7, 11) is -9.94. The van der Waals surface area contributed by atoms with Crippen LogP contribution < -0.4 is 0 Å². The zero-order valence-corrected chi connectivity index (χ0v) is 65.9. The van der Waals surface area contributed by atoms with Crippen LogP contribution in [0.1, 0.15) is 387 Å². The third-order valence-corrected chi connectivity index (χ3v) is 19.7. The summed E-state index contributed by atoms with van der Waals surface area (Å²) in [5, 5.41) is 10.6. The summed E-state index contributed by atoms with van der Waals surface area (Å²) in [6.07, 6.45) is 72.2. The van der Waals surface area contributed by atoms with E-state index in [1.807, 2.05) is 0 Å². The third-order valence-electron chi connectivity index (χ3n) is 17.8. The van der Waals surface area contributed by atoms with Crippen molar-refractivity contribution in [2.75, 3.05) is 39.6 Å². The first-order chi connectivity index (χ1) is 48.7. The second kappa shape index (κ2) is 74.3. The summed E-state index contributed by atoms with van der Waals surface area (Å²) in [5.74, 6) is -2.16. The average Bonchev–Trinajstić information content (AvgIpc) is 1.25. The Balaban J connectivity index is 5.33. The molecule has 586 valence electrons. The highest BCUT2D eigenvalue weighted by Crippen LogP contribution is 2.45. The number of hydrogen-bond donors (Lipinski definition) is 3. The topological polar surface area (TPSA) is 237 Å². The van der Waals surface area contributed by atoms with Crippen molar-refractivity contribution in [3.8, 4) is 0 Å². The Morgan fingerprint density at radius 2 is 0.490 bits per heavy atom. The van der Waals surface area contributed by atoms with Gasteiger partial charge >= 0.3 is 39.5 Å². The number of ether oxygens (including phenoxy) is 4. The van der Waals surface area contributed by atoms with E-state index in [0.29, 0.717) is 25.7 Å². The first-order valence-electron chi connectivity index (χ1n) is 40.9. The predicted octanol–water partition coefficient (Wildman–Crippen LogP) is 23.7. The molecule has 5 atom stereocenters. The molecule has 0 aliphatic rings. The fraction of sp³-hybridized carbons (Fsp3) is 0.852. The molecule has 0 radical (unpaired) electrons. The number of phosphoric ester groups is 2. The lowest BCUT2D eigenvalue weighted by Crippen LogP contribution is -2.30. The molecule has 0 aromatic rings. The van der Waals surface area contributed by atoms with Gasteiger partial charge in [-0.05, 0) is 109 Å². The Morgan fingerprint density at radius 3 is 0.780 bits per heavy atom. The molecule has 0 amide bonds. The van der Waals surface area contributed by atoms with Crippen molar-refractivity contribution in [2.45, 2.75) is 406 Å². The number of esters is 4. The Labute approximate surface area is 610 Å². The molecule has 0 spiro atoms. The summed E-state index contributed by atoms with van der Waals surface area (Å²) >= 11 is 0. The molecule has 17 nitrogen and oxygen atoms in total. The summed E-state index contributed by atoms with van der Waals surface area (Å²) < 4.78 is 68.7. The SMILES string of the molecule is CCCCC/C=C\C/C=C\CCCCCCCC(=O)O[C@H](COC(=O)CCCCCCCCCCCCCCCCC)COP(=O)(O)OC[C@H](O)COP(=O)(O)OC[C@@H](COC(=O)CCCCCCC/C=C\CCCCCCCC)OC(=O)CCCCCCCCC/C=C\CCCCCC. The Bertz CT molecular complexity index is 2080. The van der Waals surface area contributed by atoms with Crippen LogP contribution in [-0.2, 0) is 65.4 Å². The minimum atomic E-state index is -4.97. The number of aliphatic hydroxyl groups excluding tert-OH is 1. The third kappa shape index (κ3) is 73.3. The number of aliphatic hydroxyl groups is 1. The number of phosphoric acid groups is 2. The smallest absolute Gasteiger partial charge is 0.462 e. The van der Waals surface area contributed by atoms with E-state index in [1.165, 1.54) is 154 Å². The molecule has 19 heteroatoms. The van der Waals surface area contributed by atoms with Crippen LogP contribution in [0.4, 0.5) is 0 Å². The molecule has 0 aromatic carbocycles. The molecule has 0 aromatic heterocycles. The standard InChI is InChI=1S/C81H150O17P2/c1-5-9-13-17-21-25-29-33-37-41-45-49-53-57-61-65-78(83)91-71-76(97-80(85)67-63-59-55-51-47-43-39-35-31-27-23-19-15-11-7-3)73-95-99(87,88)93-69-75(82)70-94-100(89,90)96-74-77(98-81(86)68-64-60-56-52-48-44-40-36-32-28-24-20-16-12-8-4)72-92-79(84)66-62-58-54-50-46-42-38-34-30-26-22-18-14-10-6-2/h23,27-28,32,34-35,38-39,75-77,82H,5-22,24-26,29-31,33,36-37,40-74H2,1-4H3,(H,87,88)(H,89,90)/b27-23-,32-28-,38-34-,39-35-/t75-,76+,77+/m0/s1. The molecule has 0 saturated carbocycles. The van der Waals surface area contributed by atoms with Crippen LogP contribution >= 0.6 is 15.6 Å². The number of hydrogen-bond acceptors (Lipinski definition) is 15. The van der Waals surface area contributed by atoms with Crippen molar-refractivity contribution >= 4 is 39.5 Å². The average molecular weight is 1460 g/mol. The minimum absolute atomic E-state index is 0.0852. The molecule has 2 unspecified atom stereocenters. The van der Waals surface area contributed by atoms with E-state index in [2.05, 4.69) is 76.3 Å². The zero-order chi connectivity index (χ0) is 73.2. The van der Waals surface area contributed by atoms with Gasteiger partial charge in [-0.1, -0.05) is 301 Å². The van der Waals surface area contributed by atoms with E-state index >= 15 is 0 Å². The molecule has 0 aliphatic heterocycles. The van der Waals surface area contributed by atoms with Crippen LogP contribution in [0.2, 0.25) is 0 Å². The van der Waals surface area contributed by atoms with Gasteiger partial charge in [-0.3, -0.25) is 37.3 Å². The number of carbonyl (C=O) groups is 4. The summed E-state index contributed by atoms with van der Waals surface area (Å²) in [6.45, 7) is 4.89. The van der Waals surface area contributed by atoms with E-state index < -0.39 is 97.5 Å². The molecule has 0 heterocycles. The van der Waals surface area contributed by atoms with Crippen molar-refractivity contribution in [3.63, 3.8) is 0 Å². The second-order valence-corrected chi connectivity index (χ2v) is 30.6. The van der Waals surface area contributed by atoms with Gasteiger partial charge in [0, 0.05) is 25.7 Å². The van der Waals surface area contributed by atoms with Crippen LogP contribution in [0, 0.1) is 0 Å². The lowest BCUT2D eigenvalue weighted by molar-refractivity contribution is -0.161. The number of rotatable bonds is 78. The zero-order valence-electron chi connectivity index (χ0n) is 64.1. The van der Waals surface area contributed by atoms with Gasteiger partial charge in [0.1, 0.15) is 19.3 Å². The van der Waals surface area contributed by atoms with Gasteiger partial charge in [-0.25, -0.2) is 9.13 Å². The van der Waals surface area contributed by atoms with E-state index in [1.54, 1.807) is 0 Å². The van der Waals surface area contributed by atoms with Gasteiger partial charge in [-0.2, -0.15) is 0 Å². The molecule has 3 N–H and O–H groups in total. The lowest BCUT2D eigenvalue weighted by atomic mass is 10.0. The molecule has 0 bridgehead atoms. The summed E-state index contributed by atoms with van der Waals surface area (Å²) in [4.78, 5) is 73.0. The number of unbranched alkanes of at least 4 members (excludes halogenated alkanes) is 44. The molecular formula is C81H150O17P2. The van der Waals surface area contributed by atoms with E-state index in [4.69, 9.17) is 37.0 Å². The molecule has 0 aliphatic carbocycles. The largest absolute Gasteiger partial charge is 0.472 e. The highest BCUT2D eigenvalue weighted by atomic mass is 31.2. The van der Waals surface area contributed by atoms with E-state index in [9.17, 15) is 43.2 Å². The lowest BCUT2D eigenvalue weighted by Gasteiger charge is -2.21. The van der Waals surface area contributed by atoms with Crippen LogP contribution in [0.3, 0.4) is 0 Å². The maximum absolute atomic E-state index is 13.1. The molecular weight excluding hydrogens is 1310 g/mol. The van der Waals surface area contributed by atoms with E-state index in [-0.39, 0.29) is 25.7 Å². The maximum Gasteiger partial charge on any atom is 0.472 e. The van der Waals surface area contributed by atoms with Gasteiger partial charge < -0.3 is 33.8 Å². The van der Waals surface area contributed by atoms with Crippen molar-refractivity contribution in [1.29, 1.82) is 0 Å². The van der Waals surface area contributed by atoms with Crippen LogP contribution in [0.25, 0.3) is 0 Å². The fourth-order valence-corrected chi connectivity index (χ4v) is 13.1. The van der Waals surface area contributed by atoms with Crippen molar-refractivity contribution < 1.29 is 80.2 Å². The monoisotopic (exact) mass is 1460 g/mol. The molecule has 0 fully saturated rings. The Kier molecular flexibility index (Phi) is 72.1. The maximum atomic E-state index is 13.1. The van der Waals surface area contributed by atoms with Crippen molar-refractivity contribution in [3.05, 3.63) is 48.6 Å².